The molecular weight excluding hydrogens is 284 g/mol. The third-order valence-electron chi connectivity index (χ3n) is 4.08. The molecule has 6 heteroatoms. The molecule has 4 rings (SSSR count). The van der Waals surface area contributed by atoms with Crippen molar-refractivity contribution in [2.75, 3.05) is 5.06 Å². The van der Waals surface area contributed by atoms with E-state index in [9.17, 15) is 9.59 Å². The number of nitrogens with one attached hydrogen (secondary N) is 1. The van der Waals surface area contributed by atoms with Gasteiger partial charge in [0.15, 0.2) is 6.10 Å². The Bertz CT molecular complexity index is 723. The minimum Gasteiger partial charge on any atom is -0.467 e. The van der Waals surface area contributed by atoms with Gasteiger partial charge in [-0.25, -0.2) is 5.06 Å². The molecule has 2 aliphatic rings. The number of aryl methyl sites for hydroxylation is 1. The molecule has 6 nitrogen and oxygen atoms in total. The zero-order valence-electron chi connectivity index (χ0n) is 11.9. The number of benzene rings is 1. The van der Waals surface area contributed by atoms with Crippen molar-refractivity contribution in [1.82, 2.24) is 5.32 Å². The normalized spacial score (nSPS) is 27.1. The first kappa shape index (κ1) is 13.1. The number of imide groups is 1. The molecule has 22 heavy (non-hydrogen) atoms. The summed E-state index contributed by atoms with van der Waals surface area (Å²) in [5.74, 6) is -0.745. The number of hydrogen-bond acceptors (Lipinski definition) is 5. The van der Waals surface area contributed by atoms with E-state index in [1.165, 1.54) is 0 Å². The summed E-state index contributed by atoms with van der Waals surface area (Å²) in [4.78, 5) is 29.8. The first-order valence-corrected chi connectivity index (χ1v) is 7.06. The van der Waals surface area contributed by atoms with E-state index in [1.807, 2.05) is 31.2 Å². The van der Waals surface area contributed by atoms with Crippen LogP contribution in [0.5, 0.6) is 0 Å². The maximum absolute atomic E-state index is 12.1. The minimum absolute atomic E-state index is 0.328. The van der Waals surface area contributed by atoms with E-state index in [0.29, 0.717) is 5.76 Å². The molecule has 1 N–H and O–H groups in total. The Morgan fingerprint density at radius 1 is 1.09 bits per heavy atom. The number of carbonyl (C=O) groups excluding carboxylic acids is 2. The SMILES string of the molecule is Cc1ccc(N2O[C@@H]3C(=O)NC(=O)[C@@H]3[C@H]2c2ccco2)cc1. The standard InChI is InChI=1S/C16H14N2O4/c1-9-4-6-10(7-5-9)18-13(11-3-2-8-21-11)12-14(22-18)16(20)17-15(12)19/h2-8,12-14H,1H3,(H,17,19,20)/t12-,13-,14+/m1/s1. The highest BCUT2D eigenvalue weighted by Gasteiger charge is 2.57. The molecule has 2 aliphatic heterocycles. The smallest absolute Gasteiger partial charge is 0.259 e. The molecule has 0 saturated carbocycles. The summed E-state index contributed by atoms with van der Waals surface area (Å²) in [5.41, 5.74) is 1.90. The van der Waals surface area contributed by atoms with Crippen molar-refractivity contribution in [1.29, 1.82) is 0 Å². The van der Waals surface area contributed by atoms with Gasteiger partial charge in [0.1, 0.15) is 17.7 Å². The van der Waals surface area contributed by atoms with E-state index in [-0.39, 0.29) is 5.91 Å². The van der Waals surface area contributed by atoms with E-state index in [4.69, 9.17) is 9.25 Å². The molecule has 0 bridgehead atoms. The van der Waals surface area contributed by atoms with Crippen LogP contribution in [0.4, 0.5) is 5.69 Å². The van der Waals surface area contributed by atoms with Gasteiger partial charge in [-0.05, 0) is 31.2 Å². The molecule has 3 atom stereocenters. The number of rotatable bonds is 2. The van der Waals surface area contributed by atoms with Crippen molar-refractivity contribution in [2.45, 2.75) is 19.1 Å². The molecule has 2 amide bonds. The second-order valence-electron chi connectivity index (χ2n) is 5.53. The van der Waals surface area contributed by atoms with Gasteiger partial charge in [-0.3, -0.25) is 19.7 Å². The van der Waals surface area contributed by atoms with Gasteiger partial charge < -0.3 is 4.42 Å². The summed E-state index contributed by atoms with van der Waals surface area (Å²) < 4.78 is 5.47. The van der Waals surface area contributed by atoms with Crippen molar-refractivity contribution in [3.63, 3.8) is 0 Å². The zero-order valence-corrected chi connectivity index (χ0v) is 11.9. The van der Waals surface area contributed by atoms with E-state index < -0.39 is 24.0 Å². The molecule has 0 radical (unpaired) electrons. The van der Waals surface area contributed by atoms with Crippen LogP contribution in [0.15, 0.2) is 47.1 Å². The Kier molecular flexibility index (Phi) is 2.80. The van der Waals surface area contributed by atoms with Gasteiger partial charge in [0, 0.05) is 0 Å². The van der Waals surface area contributed by atoms with Crippen molar-refractivity contribution in [3.8, 4) is 0 Å². The predicted molar refractivity (Wildman–Crippen MR) is 76.6 cm³/mol. The fourth-order valence-electron chi connectivity index (χ4n) is 3.00. The van der Waals surface area contributed by atoms with Crippen LogP contribution < -0.4 is 10.4 Å². The molecule has 0 unspecified atom stereocenters. The molecule has 1 aromatic heterocycles. The second kappa shape index (κ2) is 4.71. The first-order chi connectivity index (χ1) is 10.6. The summed E-state index contributed by atoms with van der Waals surface area (Å²) in [7, 11) is 0. The van der Waals surface area contributed by atoms with Gasteiger partial charge in [0.05, 0.1) is 12.0 Å². The lowest BCUT2D eigenvalue weighted by atomic mass is 9.94. The van der Waals surface area contributed by atoms with E-state index >= 15 is 0 Å². The zero-order chi connectivity index (χ0) is 15.3. The van der Waals surface area contributed by atoms with Gasteiger partial charge in [0.2, 0.25) is 5.91 Å². The van der Waals surface area contributed by atoms with Gasteiger partial charge in [-0.2, -0.15) is 0 Å². The number of hydroxylamine groups is 1. The fourth-order valence-corrected chi connectivity index (χ4v) is 3.00. The van der Waals surface area contributed by atoms with Crippen molar-refractivity contribution in [2.24, 2.45) is 5.92 Å². The lowest BCUT2D eigenvalue weighted by molar-refractivity contribution is -0.129. The number of carbonyl (C=O) groups is 2. The van der Waals surface area contributed by atoms with E-state index in [2.05, 4.69) is 5.32 Å². The van der Waals surface area contributed by atoms with Crippen LogP contribution >= 0.6 is 0 Å². The van der Waals surface area contributed by atoms with Crippen LogP contribution in [-0.2, 0) is 14.4 Å². The second-order valence-corrected chi connectivity index (χ2v) is 5.53. The summed E-state index contributed by atoms with van der Waals surface area (Å²) in [6, 6.07) is 10.8. The van der Waals surface area contributed by atoms with Crippen LogP contribution in [-0.4, -0.2) is 17.9 Å². The molecule has 1 aromatic carbocycles. The van der Waals surface area contributed by atoms with Crippen LogP contribution in [0.1, 0.15) is 17.4 Å². The highest BCUT2D eigenvalue weighted by atomic mass is 16.7. The number of nitrogens with zero attached hydrogens (tertiary/aromatic N) is 1. The average Bonchev–Trinajstić information content (AvgIpc) is 3.19. The van der Waals surface area contributed by atoms with Crippen LogP contribution in [0, 0.1) is 12.8 Å². The van der Waals surface area contributed by atoms with Crippen molar-refractivity contribution in [3.05, 3.63) is 54.0 Å². The summed E-state index contributed by atoms with van der Waals surface area (Å²) in [6.45, 7) is 1.99. The Labute approximate surface area is 126 Å². The average molecular weight is 298 g/mol. The number of furan rings is 1. The molecule has 0 aliphatic carbocycles. The molecule has 3 heterocycles. The van der Waals surface area contributed by atoms with Crippen LogP contribution in [0.2, 0.25) is 0 Å². The summed E-state index contributed by atoms with van der Waals surface area (Å²) in [6.07, 6.45) is 0.730. The van der Waals surface area contributed by atoms with Gasteiger partial charge >= 0.3 is 0 Å². The number of anilines is 1. The van der Waals surface area contributed by atoms with E-state index in [0.717, 1.165) is 11.3 Å². The lowest BCUT2D eigenvalue weighted by Gasteiger charge is -2.25. The monoisotopic (exact) mass is 298 g/mol. The number of amides is 2. The van der Waals surface area contributed by atoms with Crippen LogP contribution in [0.3, 0.4) is 0 Å². The van der Waals surface area contributed by atoms with Crippen molar-refractivity contribution < 1.29 is 18.8 Å². The Morgan fingerprint density at radius 3 is 2.55 bits per heavy atom. The third-order valence-corrected chi connectivity index (χ3v) is 4.08. The molecule has 112 valence electrons. The minimum atomic E-state index is -0.816. The van der Waals surface area contributed by atoms with Gasteiger partial charge in [0.25, 0.3) is 5.91 Å². The molecule has 2 saturated heterocycles. The van der Waals surface area contributed by atoms with Crippen LogP contribution in [0.25, 0.3) is 0 Å². The molecule has 2 aromatic rings. The molecule has 2 fully saturated rings. The van der Waals surface area contributed by atoms with Crippen molar-refractivity contribution >= 4 is 17.5 Å². The Hall–Kier alpha value is -2.60. The summed E-state index contributed by atoms with van der Waals surface area (Å²) >= 11 is 0. The predicted octanol–water partition coefficient (Wildman–Crippen LogP) is 1.72. The quantitative estimate of drug-likeness (QED) is 0.855. The summed E-state index contributed by atoms with van der Waals surface area (Å²) in [5, 5.41) is 3.92. The molecular formula is C16H14N2O4. The topological polar surface area (TPSA) is 71.8 Å². The molecule has 0 spiro atoms. The lowest BCUT2D eigenvalue weighted by Crippen LogP contribution is -2.33. The highest BCUT2D eigenvalue weighted by molar-refractivity contribution is 6.07. The van der Waals surface area contributed by atoms with Gasteiger partial charge in [-0.15, -0.1) is 0 Å². The highest BCUT2D eigenvalue weighted by Crippen LogP contribution is 2.44. The third kappa shape index (κ3) is 1.84. The number of hydrogen-bond donors (Lipinski definition) is 1. The maximum Gasteiger partial charge on any atom is 0.259 e. The first-order valence-electron chi connectivity index (χ1n) is 7.06. The Morgan fingerprint density at radius 2 is 1.86 bits per heavy atom. The largest absolute Gasteiger partial charge is 0.467 e. The Balaban J connectivity index is 1.78. The fraction of sp³-hybridized carbons (Fsp3) is 0.250. The maximum atomic E-state index is 12.1. The van der Waals surface area contributed by atoms with E-state index in [1.54, 1.807) is 23.5 Å². The number of fused-ring (bicyclic) bond motifs is 1. The van der Waals surface area contributed by atoms with Gasteiger partial charge in [-0.1, -0.05) is 17.7 Å².